The minimum atomic E-state index is -1.31. The van der Waals surface area contributed by atoms with E-state index in [0.717, 1.165) is 11.9 Å². The Morgan fingerprint density at radius 2 is 1.92 bits per heavy atom. The van der Waals surface area contributed by atoms with Gasteiger partial charge >= 0.3 is 0 Å². The van der Waals surface area contributed by atoms with Crippen molar-refractivity contribution in [2.75, 3.05) is 11.9 Å². The van der Waals surface area contributed by atoms with Crippen molar-refractivity contribution < 1.29 is 4.43 Å². The van der Waals surface area contributed by atoms with Gasteiger partial charge in [-0.1, -0.05) is 36.2 Å². The zero-order chi connectivity index (χ0) is 10.2. The van der Waals surface area contributed by atoms with Gasteiger partial charge in [-0.25, -0.2) is 0 Å². The summed E-state index contributed by atoms with van der Waals surface area (Å²) in [4.78, 5) is 0. The van der Waals surface area contributed by atoms with Crippen molar-refractivity contribution in [3.05, 3.63) is 0 Å². The first-order valence-corrected chi connectivity index (χ1v) is 9.33. The molecule has 1 nitrogen and oxygen atoms in total. The summed E-state index contributed by atoms with van der Waals surface area (Å²) in [5.74, 6) is 0. The maximum absolute atomic E-state index is 6.04. The van der Waals surface area contributed by atoms with E-state index in [4.69, 9.17) is 4.43 Å². The van der Waals surface area contributed by atoms with Crippen LogP contribution in [0.4, 0.5) is 0 Å². The summed E-state index contributed by atoms with van der Waals surface area (Å²) in [6, 6.07) is 2.56. The topological polar surface area (TPSA) is 9.23 Å². The van der Waals surface area contributed by atoms with Gasteiger partial charge in [0.2, 0.25) is 0 Å². The van der Waals surface area contributed by atoms with E-state index in [2.05, 4.69) is 36.3 Å². The molecule has 0 spiro atoms. The van der Waals surface area contributed by atoms with E-state index in [-0.39, 0.29) is 0 Å². The van der Waals surface area contributed by atoms with Crippen LogP contribution in [0.15, 0.2) is 0 Å². The molecule has 0 rings (SSSR count). The van der Waals surface area contributed by atoms with Gasteiger partial charge in [0.15, 0.2) is 8.32 Å². The number of unbranched alkanes of at least 4 members (excludes halogenated alkanes) is 1. The summed E-state index contributed by atoms with van der Waals surface area (Å²) in [5.41, 5.74) is 0. The van der Waals surface area contributed by atoms with Crippen LogP contribution in [-0.4, -0.2) is 20.3 Å². The average molecular weight is 267 g/mol. The van der Waals surface area contributed by atoms with Gasteiger partial charge in [-0.2, -0.15) is 0 Å². The number of rotatable bonds is 8. The van der Waals surface area contributed by atoms with E-state index in [9.17, 15) is 0 Å². The third-order valence-electron chi connectivity index (χ3n) is 2.54. The third-order valence-corrected chi connectivity index (χ3v) is 6.90. The van der Waals surface area contributed by atoms with Gasteiger partial charge in [0.05, 0.1) is 0 Å². The van der Waals surface area contributed by atoms with E-state index in [0.29, 0.717) is 0 Å². The second kappa shape index (κ2) is 8.01. The Bertz CT molecular complexity index is 121. The number of hydrogen-bond donors (Lipinski definition) is 0. The summed E-state index contributed by atoms with van der Waals surface area (Å²) in [5, 5.41) is 1.12. The fraction of sp³-hybridized carbons (Fsp3) is 1.00. The largest absolute Gasteiger partial charge is 0.417 e. The summed E-state index contributed by atoms with van der Waals surface area (Å²) >= 11 is 3.48. The third kappa shape index (κ3) is 6.69. The van der Waals surface area contributed by atoms with Gasteiger partial charge in [0, 0.05) is 11.9 Å². The van der Waals surface area contributed by atoms with Gasteiger partial charge in [0.1, 0.15) is 0 Å². The highest BCUT2D eigenvalue weighted by Gasteiger charge is 2.25. The lowest BCUT2D eigenvalue weighted by atomic mass is 10.4. The molecular formula is C10H23BrOSi. The van der Waals surface area contributed by atoms with Crippen LogP contribution >= 0.6 is 15.9 Å². The first-order valence-electron chi connectivity index (χ1n) is 5.38. The van der Waals surface area contributed by atoms with Gasteiger partial charge in [0.25, 0.3) is 0 Å². The zero-order valence-corrected chi connectivity index (χ0v) is 11.8. The predicted molar refractivity (Wildman–Crippen MR) is 66.2 cm³/mol. The maximum Gasteiger partial charge on any atom is 0.189 e. The van der Waals surface area contributed by atoms with Crippen LogP contribution in [0.1, 0.15) is 33.1 Å². The van der Waals surface area contributed by atoms with Gasteiger partial charge < -0.3 is 4.43 Å². The van der Waals surface area contributed by atoms with Gasteiger partial charge in [-0.15, -0.1) is 0 Å². The van der Waals surface area contributed by atoms with E-state index in [1.807, 2.05) is 0 Å². The minimum absolute atomic E-state index is 0.981. The summed E-state index contributed by atoms with van der Waals surface area (Å²) in [6.07, 6.45) is 3.73. The molecule has 13 heavy (non-hydrogen) atoms. The monoisotopic (exact) mass is 266 g/mol. The van der Waals surface area contributed by atoms with E-state index >= 15 is 0 Å². The summed E-state index contributed by atoms with van der Waals surface area (Å²) < 4.78 is 6.04. The molecule has 0 aromatic heterocycles. The molecule has 80 valence electrons. The van der Waals surface area contributed by atoms with Crippen LogP contribution in [0, 0.1) is 0 Å². The van der Waals surface area contributed by atoms with Crippen LogP contribution < -0.4 is 0 Å². The molecule has 0 radical (unpaired) electrons. The standard InChI is InChI=1S/C10H23BrOSi/c1-4-6-9-12-13(3,5-2)10-7-8-11/h4-10H2,1-3H3. The summed E-state index contributed by atoms with van der Waals surface area (Å²) in [7, 11) is -1.31. The Morgan fingerprint density at radius 1 is 1.23 bits per heavy atom. The lowest BCUT2D eigenvalue weighted by molar-refractivity contribution is 0.294. The molecular weight excluding hydrogens is 244 g/mol. The molecule has 3 heteroatoms. The molecule has 0 aliphatic rings. The lowest BCUT2D eigenvalue weighted by Gasteiger charge is -2.25. The highest BCUT2D eigenvalue weighted by atomic mass is 79.9. The van der Waals surface area contributed by atoms with Crippen molar-refractivity contribution in [3.63, 3.8) is 0 Å². The second-order valence-corrected chi connectivity index (χ2v) is 8.99. The van der Waals surface area contributed by atoms with Crippen LogP contribution in [0.25, 0.3) is 0 Å². The molecule has 0 aromatic carbocycles. The molecule has 0 saturated carbocycles. The molecule has 0 aromatic rings. The average Bonchev–Trinajstić information content (AvgIpc) is 2.15. The Kier molecular flexibility index (Phi) is 8.41. The Balaban J connectivity index is 3.67. The smallest absolute Gasteiger partial charge is 0.189 e. The molecule has 0 N–H and O–H groups in total. The molecule has 1 atom stereocenters. The van der Waals surface area contributed by atoms with Crippen LogP contribution in [-0.2, 0) is 4.43 Å². The van der Waals surface area contributed by atoms with E-state index in [1.54, 1.807) is 0 Å². The summed E-state index contributed by atoms with van der Waals surface area (Å²) in [6.45, 7) is 7.83. The molecule has 0 amide bonds. The predicted octanol–water partition coefficient (Wildman–Crippen LogP) is 4.18. The maximum atomic E-state index is 6.04. The molecule has 0 fully saturated rings. The zero-order valence-electron chi connectivity index (χ0n) is 9.24. The SMILES string of the molecule is CCCCO[Si](C)(CC)CCCBr. The van der Waals surface area contributed by atoms with E-state index < -0.39 is 8.32 Å². The highest BCUT2D eigenvalue weighted by molar-refractivity contribution is 9.09. The molecule has 0 bridgehead atoms. The minimum Gasteiger partial charge on any atom is -0.417 e. The first kappa shape index (κ1) is 13.7. The van der Waals surface area contributed by atoms with Gasteiger partial charge in [-0.3, -0.25) is 0 Å². The molecule has 0 aliphatic heterocycles. The highest BCUT2D eigenvalue weighted by Crippen LogP contribution is 2.19. The quantitative estimate of drug-likeness (QED) is 0.364. The van der Waals surface area contributed by atoms with Crippen molar-refractivity contribution in [1.29, 1.82) is 0 Å². The normalized spacial score (nSPS) is 15.7. The van der Waals surface area contributed by atoms with Crippen molar-refractivity contribution in [2.24, 2.45) is 0 Å². The molecule has 0 saturated heterocycles. The van der Waals surface area contributed by atoms with Crippen molar-refractivity contribution in [1.82, 2.24) is 0 Å². The fourth-order valence-electron chi connectivity index (χ4n) is 1.25. The van der Waals surface area contributed by atoms with Crippen LogP contribution in [0.2, 0.25) is 18.6 Å². The molecule has 0 aliphatic carbocycles. The number of halogens is 1. The first-order chi connectivity index (χ1) is 6.18. The van der Waals surface area contributed by atoms with Crippen molar-refractivity contribution in [3.8, 4) is 0 Å². The molecule has 0 heterocycles. The Hall–Kier alpha value is 0.657. The fourth-order valence-corrected chi connectivity index (χ4v) is 4.32. The van der Waals surface area contributed by atoms with Crippen molar-refractivity contribution >= 4 is 24.2 Å². The Labute approximate surface area is 92.5 Å². The number of alkyl halides is 1. The van der Waals surface area contributed by atoms with Gasteiger partial charge in [-0.05, 0) is 31.5 Å². The second-order valence-electron chi connectivity index (χ2n) is 3.80. The number of hydrogen-bond acceptors (Lipinski definition) is 1. The molecule has 1 unspecified atom stereocenters. The van der Waals surface area contributed by atoms with Crippen molar-refractivity contribution in [2.45, 2.75) is 51.7 Å². The van der Waals surface area contributed by atoms with Crippen LogP contribution in [0.3, 0.4) is 0 Å². The van der Waals surface area contributed by atoms with E-state index in [1.165, 1.54) is 31.4 Å². The lowest BCUT2D eigenvalue weighted by Crippen LogP contribution is -2.33. The van der Waals surface area contributed by atoms with Crippen LogP contribution in [0.5, 0.6) is 0 Å². The Morgan fingerprint density at radius 3 is 2.38 bits per heavy atom.